The van der Waals surface area contributed by atoms with Gasteiger partial charge in [-0.2, -0.15) is 0 Å². The van der Waals surface area contributed by atoms with E-state index in [0.717, 1.165) is 72.9 Å². The van der Waals surface area contributed by atoms with Crippen molar-refractivity contribution in [3.8, 4) is 0 Å². The molecule has 0 saturated carbocycles. The highest BCUT2D eigenvalue weighted by molar-refractivity contribution is 9.10. The monoisotopic (exact) mass is 596 g/mol. The van der Waals surface area contributed by atoms with Crippen LogP contribution < -0.4 is 0 Å². The zero-order valence-corrected chi connectivity index (χ0v) is 24.3. The quantitative estimate of drug-likeness (QED) is 0.448. The topological polar surface area (TPSA) is 57.5 Å². The first-order chi connectivity index (χ1) is 18.4. The van der Waals surface area contributed by atoms with E-state index >= 15 is 0 Å². The van der Waals surface area contributed by atoms with Gasteiger partial charge in [0.05, 0.1) is 23.8 Å². The Morgan fingerprint density at radius 3 is 2.76 bits per heavy atom. The van der Waals surface area contributed by atoms with Crippen LogP contribution >= 0.6 is 27.5 Å². The number of aromatic nitrogens is 3. The first kappa shape index (κ1) is 26.0. The Balaban J connectivity index is 1.24. The second kappa shape index (κ2) is 10.7. The lowest BCUT2D eigenvalue weighted by molar-refractivity contribution is -0.138. The molecule has 1 aromatic carbocycles. The average Bonchev–Trinajstić information content (AvgIpc) is 3.50. The molecule has 2 aromatic heterocycles. The van der Waals surface area contributed by atoms with Crippen LogP contribution in [0.25, 0.3) is 0 Å². The summed E-state index contributed by atoms with van der Waals surface area (Å²) >= 11 is 10.0. The molecule has 4 heterocycles. The molecule has 1 amide bonds. The smallest absolute Gasteiger partial charge is 0.241 e. The maximum Gasteiger partial charge on any atom is 0.241 e. The highest BCUT2D eigenvalue weighted by atomic mass is 79.9. The lowest BCUT2D eigenvalue weighted by Crippen LogP contribution is -2.58. The van der Waals surface area contributed by atoms with Crippen LogP contribution in [-0.2, 0) is 24.2 Å². The Hall–Kier alpha value is -2.26. The van der Waals surface area contributed by atoms with E-state index in [-0.39, 0.29) is 18.0 Å². The van der Waals surface area contributed by atoms with Gasteiger partial charge < -0.3 is 9.47 Å². The third-order valence-corrected chi connectivity index (χ3v) is 9.12. The maximum absolute atomic E-state index is 13.9. The van der Waals surface area contributed by atoms with Crippen LogP contribution in [0.2, 0.25) is 5.02 Å². The van der Waals surface area contributed by atoms with Crippen molar-refractivity contribution in [1.29, 1.82) is 0 Å². The van der Waals surface area contributed by atoms with Crippen LogP contribution in [0.5, 0.6) is 0 Å². The van der Waals surface area contributed by atoms with Gasteiger partial charge in [0.25, 0.3) is 0 Å². The van der Waals surface area contributed by atoms with Gasteiger partial charge in [-0.05, 0) is 90.0 Å². The Kier molecular flexibility index (Phi) is 7.33. The molecule has 2 fully saturated rings. The van der Waals surface area contributed by atoms with Crippen molar-refractivity contribution in [1.82, 2.24) is 29.2 Å². The van der Waals surface area contributed by atoms with Crippen LogP contribution in [0.3, 0.4) is 0 Å². The average molecular weight is 598 g/mol. The number of hydrogen-bond donors (Lipinski definition) is 0. The number of likely N-dealkylation sites (tertiary alicyclic amines) is 1. The Labute approximate surface area is 237 Å². The second-order valence-corrected chi connectivity index (χ2v) is 12.4. The van der Waals surface area contributed by atoms with Crippen molar-refractivity contribution in [3.05, 3.63) is 80.6 Å². The minimum atomic E-state index is -0.170. The molecule has 0 radical (unpaired) electrons. The molecule has 3 aliphatic rings. The number of amides is 1. The highest BCUT2D eigenvalue weighted by Gasteiger charge is 2.40. The maximum atomic E-state index is 13.9. The minimum Gasteiger partial charge on any atom is -0.341 e. The van der Waals surface area contributed by atoms with E-state index < -0.39 is 0 Å². The van der Waals surface area contributed by atoms with Crippen molar-refractivity contribution in [2.24, 2.45) is 5.92 Å². The SMILES string of the molecule is Cc1cn(C[C@@H]2CCN(C(=O)[C@H]3CN(C4c5ccc(Cl)cc5CCc5cc(Br)cnc54)CCN3C)C2)cn1. The molecule has 1 unspecified atom stereocenters. The van der Waals surface area contributed by atoms with Crippen LogP contribution in [-0.4, -0.2) is 81.0 Å². The number of imidazole rings is 1. The molecular formula is C29H34BrClN6O. The minimum absolute atomic E-state index is 0.00711. The molecule has 9 heteroatoms. The highest BCUT2D eigenvalue weighted by Crippen LogP contribution is 2.38. The van der Waals surface area contributed by atoms with E-state index in [1.165, 1.54) is 16.7 Å². The van der Waals surface area contributed by atoms with Gasteiger partial charge in [-0.1, -0.05) is 17.7 Å². The summed E-state index contributed by atoms with van der Waals surface area (Å²) in [5, 5.41) is 0.767. The van der Waals surface area contributed by atoms with Crippen LogP contribution in [0.15, 0.2) is 47.5 Å². The second-order valence-electron chi connectivity index (χ2n) is 11.1. The molecule has 3 atom stereocenters. The van der Waals surface area contributed by atoms with Crippen LogP contribution in [0.1, 0.15) is 40.5 Å². The van der Waals surface area contributed by atoms with Crippen LogP contribution in [0, 0.1) is 12.8 Å². The van der Waals surface area contributed by atoms with E-state index in [9.17, 15) is 4.79 Å². The summed E-state index contributed by atoms with van der Waals surface area (Å²) in [5.41, 5.74) is 5.93. The van der Waals surface area contributed by atoms with Gasteiger partial charge in [-0.3, -0.25) is 19.6 Å². The summed E-state index contributed by atoms with van der Waals surface area (Å²) < 4.78 is 3.15. The van der Waals surface area contributed by atoms with E-state index in [4.69, 9.17) is 16.6 Å². The number of rotatable bonds is 4. The van der Waals surface area contributed by atoms with Gasteiger partial charge in [0.1, 0.15) is 6.04 Å². The number of piperazine rings is 1. The van der Waals surface area contributed by atoms with Crippen molar-refractivity contribution in [2.45, 2.75) is 44.8 Å². The van der Waals surface area contributed by atoms with E-state index in [2.05, 4.69) is 71.6 Å². The van der Waals surface area contributed by atoms with Crippen LogP contribution in [0.4, 0.5) is 0 Å². The fourth-order valence-corrected chi connectivity index (χ4v) is 7.01. The van der Waals surface area contributed by atoms with E-state index in [1.54, 1.807) is 0 Å². The number of likely N-dealkylation sites (N-methyl/N-ethyl adjacent to an activating group) is 1. The molecule has 200 valence electrons. The number of benzene rings is 1. The summed E-state index contributed by atoms with van der Waals surface area (Å²) in [6.45, 7) is 6.96. The molecule has 0 spiro atoms. The van der Waals surface area contributed by atoms with Gasteiger partial charge in [-0.15, -0.1) is 0 Å². The summed E-state index contributed by atoms with van der Waals surface area (Å²) in [4.78, 5) is 30.0. The zero-order valence-electron chi connectivity index (χ0n) is 22.0. The third kappa shape index (κ3) is 5.16. The third-order valence-electron chi connectivity index (χ3n) is 8.45. The Bertz CT molecular complexity index is 1290. The molecule has 2 saturated heterocycles. The lowest BCUT2D eigenvalue weighted by atomic mass is 9.95. The molecule has 3 aromatic rings. The number of fused-ring (bicyclic) bond motifs is 2. The van der Waals surface area contributed by atoms with Crippen molar-refractivity contribution < 1.29 is 4.79 Å². The number of hydrogen-bond acceptors (Lipinski definition) is 5. The summed E-state index contributed by atoms with van der Waals surface area (Å²) in [5.74, 6) is 0.709. The first-order valence-corrected chi connectivity index (χ1v) is 14.7. The number of carbonyl (C=O) groups excluding carboxylic acids is 1. The standard InChI is InChI=1S/C29H34BrClN6O/c1-19-14-35(18-33-19)15-20-7-8-37(16-20)29(38)26-17-36(10-9-34(26)2)28-25-6-5-24(31)12-21(25)3-4-22-11-23(30)13-32-27(22)28/h5-6,11-14,18,20,26,28H,3-4,7-10,15-17H2,1-2H3/t20-,26+,28?/m0/s1. The molecular weight excluding hydrogens is 564 g/mol. The summed E-state index contributed by atoms with van der Waals surface area (Å²) in [6, 6.07) is 8.30. The normalized spacial score (nSPS) is 24.2. The molecule has 6 rings (SSSR count). The Morgan fingerprint density at radius 2 is 1.95 bits per heavy atom. The van der Waals surface area contributed by atoms with Crippen molar-refractivity contribution >= 4 is 33.4 Å². The molecule has 0 N–H and O–H groups in total. The lowest BCUT2D eigenvalue weighted by Gasteiger charge is -2.43. The zero-order chi connectivity index (χ0) is 26.4. The fourth-order valence-electron chi connectivity index (χ4n) is 6.44. The summed E-state index contributed by atoms with van der Waals surface area (Å²) in [7, 11) is 2.09. The van der Waals surface area contributed by atoms with E-state index in [0.29, 0.717) is 12.5 Å². The molecule has 0 bridgehead atoms. The molecule has 2 aliphatic heterocycles. The number of aryl methyl sites for hydroxylation is 3. The fraction of sp³-hybridized carbons (Fsp3) is 0.483. The predicted molar refractivity (Wildman–Crippen MR) is 152 cm³/mol. The Morgan fingerprint density at radius 1 is 1.11 bits per heavy atom. The predicted octanol–water partition coefficient (Wildman–Crippen LogP) is 4.36. The van der Waals surface area contributed by atoms with Crippen molar-refractivity contribution in [2.75, 3.05) is 39.8 Å². The number of nitrogens with zero attached hydrogens (tertiary/aromatic N) is 6. The van der Waals surface area contributed by atoms with Gasteiger partial charge >= 0.3 is 0 Å². The van der Waals surface area contributed by atoms with Gasteiger partial charge in [0, 0.05) is 61.2 Å². The van der Waals surface area contributed by atoms with Gasteiger partial charge in [0.15, 0.2) is 0 Å². The van der Waals surface area contributed by atoms with Gasteiger partial charge in [0.2, 0.25) is 5.91 Å². The molecule has 1 aliphatic carbocycles. The molecule has 7 nitrogen and oxygen atoms in total. The first-order valence-electron chi connectivity index (χ1n) is 13.5. The van der Waals surface area contributed by atoms with Crippen molar-refractivity contribution in [3.63, 3.8) is 0 Å². The van der Waals surface area contributed by atoms with Gasteiger partial charge in [-0.25, -0.2) is 4.98 Å². The number of halogens is 2. The number of carbonyl (C=O) groups is 1. The van der Waals surface area contributed by atoms with E-state index in [1.807, 2.05) is 25.5 Å². The summed E-state index contributed by atoms with van der Waals surface area (Å²) in [6.07, 6.45) is 8.77. The largest absolute Gasteiger partial charge is 0.341 e. The molecule has 38 heavy (non-hydrogen) atoms. The number of pyridine rings is 1.